The van der Waals surface area contributed by atoms with Gasteiger partial charge in [-0.15, -0.1) is 11.3 Å². The Hall–Kier alpha value is -0.680. The first-order chi connectivity index (χ1) is 10.3. The maximum atomic E-state index is 6.06. The number of rotatable bonds is 5. The van der Waals surface area contributed by atoms with Crippen molar-refractivity contribution in [1.82, 2.24) is 5.32 Å². The minimum absolute atomic E-state index is 0.194. The molecule has 0 spiro atoms. The molecule has 2 atom stereocenters. The van der Waals surface area contributed by atoms with E-state index in [2.05, 4.69) is 64.6 Å². The molecule has 0 bridgehead atoms. The van der Waals surface area contributed by atoms with Crippen molar-refractivity contribution in [2.75, 3.05) is 13.2 Å². The van der Waals surface area contributed by atoms with Crippen molar-refractivity contribution < 1.29 is 4.74 Å². The molecule has 2 aromatic rings. The highest BCUT2D eigenvalue weighted by Crippen LogP contribution is 2.37. The summed E-state index contributed by atoms with van der Waals surface area (Å²) in [5.74, 6) is 0. The molecule has 1 aliphatic rings. The predicted molar refractivity (Wildman–Crippen MR) is 91.9 cm³/mol. The van der Waals surface area contributed by atoms with E-state index in [1.165, 1.54) is 19.8 Å². The number of hydrogen-bond donors (Lipinski definition) is 1. The molecule has 112 valence electrons. The predicted octanol–water partition coefficient (Wildman–Crippen LogP) is 4.87. The Morgan fingerprint density at radius 3 is 2.95 bits per heavy atom. The van der Waals surface area contributed by atoms with E-state index in [9.17, 15) is 0 Å². The van der Waals surface area contributed by atoms with Gasteiger partial charge in [0.15, 0.2) is 0 Å². The van der Waals surface area contributed by atoms with Crippen LogP contribution in [0.25, 0.3) is 0 Å². The third-order valence-electron chi connectivity index (χ3n) is 3.93. The van der Waals surface area contributed by atoms with Crippen molar-refractivity contribution in [1.29, 1.82) is 0 Å². The second-order valence-electron chi connectivity index (χ2n) is 5.30. The maximum absolute atomic E-state index is 6.06. The van der Waals surface area contributed by atoms with Crippen LogP contribution in [0, 0.1) is 0 Å². The van der Waals surface area contributed by atoms with E-state index in [0.29, 0.717) is 6.04 Å². The molecular weight excluding hydrogens is 346 g/mol. The van der Waals surface area contributed by atoms with E-state index in [1.54, 1.807) is 11.3 Å². The van der Waals surface area contributed by atoms with Gasteiger partial charge in [-0.1, -0.05) is 31.2 Å². The van der Waals surface area contributed by atoms with Crippen LogP contribution in [0.3, 0.4) is 0 Å². The number of nitrogens with one attached hydrogen (secondary N) is 1. The Morgan fingerprint density at radius 2 is 2.19 bits per heavy atom. The van der Waals surface area contributed by atoms with E-state index in [-0.39, 0.29) is 6.10 Å². The van der Waals surface area contributed by atoms with Gasteiger partial charge < -0.3 is 10.1 Å². The summed E-state index contributed by atoms with van der Waals surface area (Å²) in [7, 11) is 0. The lowest BCUT2D eigenvalue weighted by atomic mass is 9.93. The van der Waals surface area contributed by atoms with Gasteiger partial charge in [-0.3, -0.25) is 0 Å². The van der Waals surface area contributed by atoms with E-state index in [1.807, 2.05) is 0 Å². The lowest BCUT2D eigenvalue weighted by Crippen LogP contribution is -2.25. The Balaban J connectivity index is 1.80. The van der Waals surface area contributed by atoms with Crippen molar-refractivity contribution in [3.63, 3.8) is 0 Å². The summed E-state index contributed by atoms with van der Waals surface area (Å²) in [6, 6.07) is 13.4. The average Bonchev–Trinajstić information content (AvgIpc) is 2.94. The summed E-state index contributed by atoms with van der Waals surface area (Å²) in [5, 5.41) is 3.60. The molecule has 2 unspecified atom stereocenters. The molecule has 0 amide bonds. The first-order valence-electron chi connectivity index (χ1n) is 7.46. The lowest BCUT2D eigenvalue weighted by molar-refractivity contribution is 0.0297. The zero-order valence-electron chi connectivity index (χ0n) is 12.1. The van der Waals surface area contributed by atoms with E-state index in [4.69, 9.17) is 4.74 Å². The summed E-state index contributed by atoms with van der Waals surface area (Å²) >= 11 is 5.37. The fourth-order valence-electron chi connectivity index (χ4n) is 2.95. The monoisotopic (exact) mass is 365 g/mol. The first kappa shape index (κ1) is 15.2. The SMILES string of the molecule is CCNC(CC1OCCc2ccccc21)c1ccc(Br)s1. The van der Waals surface area contributed by atoms with E-state index < -0.39 is 0 Å². The Kier molecular flexibility index (Phi) is 5.11. The number of hydrogen-bond acceptors (Lipinski definition) is 3. The molecule has 0 saturated carbocycles. The largest absolute Gasteiger partial charge is 0.373 e. The van der Waals surface area contributed by atoms with E-state index >= 15 is 0 Å². The topological polar surface area (TPSA) is 21.3 Å². The van der Waals surface area contributed by atoms with Crippen LogP contribution < -0.4 is 5.32 Å². The Morgan fingerprint density at radius 1 is 1.33 bits per heavy atom. The number of fused-ring (bicyclic) bond motifs is 1. The van der Waals surface area contributed by atoms with Gasteiger partial charge in [-0.05, 0) is 58.6 Å². The first-order valence-corrected chi connectivity index (χ1v) is 9.07. The average molecular weight is 366 g/mol. The number of benzene rings is 1. The van der Waals surface area contributed by atoms with Gasteiger partial charge in [0.1, 0.15) is 0 Å². The van der Waals surface area contributed by atoms with Gasteiger partial charge in [0, 0.05) is 10.9 Å². The summed E-state index contributed by atoms with van der Waals surface area (Å²) in [5.41, 5.74) is 2.80. The standard InChI is InChI=1S/C17H20BrNOS/c1-2-19-14(16-7-8-17(18)21-16)11-15-13-6-4-3-5-12(13)9-10-20-15/h3-8,14-15,19H,2,9-11H2,1H3. The molecule has 0 saturated heterocycles. The van der Waals surface area contributed by atoms with Crippen molar-refractivity contribution in [3.05, 3.63) is 56.2 Å². The van der Waals surface area contributed by atoms with Crippen LogP contribution >= 0.6 is 27.3 Å². The smallest absolute Gasteiger partial charge is 0.0846 e. The van der Waals surface area contributed by atoms with Gasteiger partial charge in [0.05, 0.1) is 16.5 Å². The molecule has 4 heteroatoms. The van der Waals surface area contributed by atoms with E-state index in [0.717, 1.165) is 26.0 Å². The van der Waals surface area contributed by atoms with Crippen molar-refractivity contribution in [2.45, 2.75) is 31.9 Å². The third-order valence-corrected chi connectivity index (χ3v) is 5.67. The fourth-order valence-corrected chi connectivity index (χ4v) is 4.46. The van der Waals surface area contributed by atoms with Crippen molar-refractivity contribution >= 4 is 27.3 Å². The van der Waals surface area contributed by atoms with Gasteiger partial charge in [0.25, 0.3) is 0 Å². The Labute approximate surface area is 138 Å². The number of halogens is 1. The number of ether oxygens (including phenoxy) is 1. The maximum Gasteiger partial charge on any atom is 0.0846 e. The molecule has 1 aliphatic heterocycles. The summed E-state index contributed by atoms with van der Waals surface area (Å²) in [6.45, 7) is 3.95. The third kappa shape index (κ3) is 3.57. The zero-order valence-corrected chi connectivity index (χ0v) is 14.5. The van der Waals surface area contributed by atoms with Crippen LogP contribution in [0.4, 0.5) is 0 Å². The second kappa shape index (κ2) is 7.05. The Bertz CT molecular complexity index is 598. The summed E-state index contributed by atoms with van der Waals surface area (Å²) in [6.07, 6.45) is 2.21. The van der Waals surface area contributed by atoms with Gasteiger partial charge in [-0.2, -0.15) is 0 Å². The van der Waals surface area contributed by atoms with Crippen LogP contribution in [-0.2, 0) is 11.2 Å². The summed E-state index contributed by atoms with van der Waals surface area (Å²) in [4.78, 5) is 1.37. The van der Waals surface area contributed by atoms with Crippen LogP contribution in [0.5, 0.6) is 0 Å². The molecular formula is C17H20BrNOS. The van der Waals surface area contributed by atoms with Gasteiger partial charge >= 0.3 is 0 Å². The van der Waals surface area contributed by atoms with Crippen molar-refractivity contribution in [3.8, 4) is 0 Å². The van der Waals surface area contributed by atoms with Crippen molar-refractivity contribution in [2.24, 2.45) is 0 Å². The molecule has 21 heavy (non-hydrogen) atoms. The quantitative estimate of drug-likeness (QED) is 0.816. The highest BCUT2D eigenvalue weighted by molar-refractivity contribution is 9.11. The molecule has 2 heterocycles. The molecule has 3 rings (SSSR count). The molecule has 1 N–H and O–H groups in total. The normalized spacial score (nSPS) is 19.2. The van der Waals surface area contributed by atoms with Crippen LogP contribution in [0.15, 0.2) is 40.2 Å². The van der Waals surface area contributed by atoms with Gasteiger partial charge in [-0.25, -0.2) is 0 Å². The van der Waals surface area contributed by atoms with Gasteiger partial charge in [0.2, 0.25) is 0 Å². The van der Waals surface area contributed by atoms with Crippen LogP contribution in [0.2, 0.25) is 0 Å². The highest BCUT2D eigenvalue weighted by Gasteiger charge is 2.25. The minimum atomic E-state index is 0.194. The minimum Gasteiger partial charge on any atom is -0.373 e. The highest BCUT2D eigenvalue weighted by atomic mass is 79.9. The molecule has 1 aromatic carbocycles. The molecule has 0 aliphatic carbocycles. The number of thiophene rings is 1. The molecule has 0 fully saturated rings. The molecule has 0 radical (unpaired) electrons. The summed E-state index contributed by atoms with van der Waals surface area (Å²) < 4.78 is 7.25. The second-order valence-corrected chi connectivity index (χ2v) is 7.79. The zero-order chi connectivity index (χ0) is 14.7. The lowest BCUT2D eigenvalue weighted by Gasteiger charge is -2.29. The fraction of sp³-hybridized carbons (Fsp3) is 0.412. The van der Waals surface area contributed by atoms with Crippen LogP contribution in [0.1, 0.15) is 41.5 Å². The molecule has 1 aromatic heterocycles. The molecule has 2 nitrogen and oxygen atoms in total. The van der Waals surface area contributed by atoms with Crippen LogP contribution in [-0.4, -0.2) is 13.2 Å².